The van der Waals surface area contributed by atoms with Crippen LogP contribution in [0.15, 0.2) is 57.5 Å². The van der Waals surface area contributed by atoms with E-state index in [9.17, 15) is 10.2 Å². The second kappa shape index (κ2) is 5.97. The largest absolute Gasteiger partial charge is 0.385 e. The highest BCUT2D eigenvalue weighted by Gasteiger charge is 2.23. The smallest absolute Gasteiger partial charge is 0.110 e. The maximum Gasteiger partial charge on any atom is 0.110 e. The average molecular weight is 372 g/mol. The summed E-state index contributed by atoms with van der Waals surface area (Å²) >= 11 is 6.75. The Bertz CT molecular complexity index is 493. The van der Waals surface area contributed by atoms with Gasteiger partial charge in [-0.25, -0.2) is 0 Å². The third kappa shape index (κ3) is 2.83. The van der Waals surface area contributed by atoms with Gasteiger partial charge in [-0.1, -0.05) is 68.3 Å². The number of rotatable bonds is 3. The van der Waals surface area contributed by atoms with Crippen LogP contribution in [0.4, 0.5) is 0 Å². The van der Waals surface area contributed by atoms with Crippen LogP contribution < -0.4 is 0 Å². The molecule has 0 amide bonds. The standard InChI is InChI=1S/C14H12Br2O2/c15-11-7-3-1-5-9(11)13(17)14(18)10-6-2-4-8-12(10)16/h1-8,13-14,17-18H/t13-,14+. The van der Waals surface area contributed by atoms with Crippen LogP contribution in [-0.4, -0.2) is 10.2 Å². The molecule has 0 aliphatic heterocycles. The van der Waals surface area contributed by atoms with Crippen molar-refractivity contribution in [2.24, 2.45) is 0 Å². The van der Waals surface area contributed by atoms with Gasteiger partial charge in [-0.15, -0.1) is 0 Å². The predicted octanol–water partition coefficient (Wildman–Crippen LogP) is 3.98. The zero-order chi connectivity index (χ0) is 13.1. The molecule has 2 atom stereocenters. The zero-order valence-corrected chi connectivity index (χ0v) is 12.6. The molecule has 0 bridgehead atoms. The lowest BCUT2D eigenvalue weighted by molar-refractivity contribution is 0.0164. The van der Waals surface area contributed by atoms with Gasteiger partial charge in [-0.2, -0.15) is 0 Å². The van der Waals surface area contributed by atoms with Gasteiger partial charge < -0.3 is 10.2 Å². The first kappa shape index (κ1) is 13.7. The molecule has 4 heteroatoms. The van der Waals surface area contributed by atoms with Crippen molar-refractivity contribution in [3.63, 3.8) is 0 Å². The normalized spacial score (nSPS) is 14.2. The van der Waals surface area contributed by atoms with Crippen molar-refractivity contribution in [2.45, 2.75) is 12.2 Å². The second-order valence-electron chi connectivity index (χ2n) is 3.93. The molecule has 0 unspecified atom stereocenters. The average Bonchev–Trinajstić information content (AvgIpc) is 2.38. The number of halogens is 2. The summed E-state index contributed by atoms with van der Waals surface area (Å²) in [5.41, 5.74) is 1.33. The summed E-state index contributed by atoms with van der Waals surface area (Å²) < 4.78 is 1.56. The van der Waals surface area contributed by atoms with Gasteiger partial charge in [0.25, 0.3) is 0 Å². The maximum atomic E-state index is 10.2. The van der Waals surface area contributed by atoms with Gasteiger partial charge in [0.05, 0.1) is 0 Å². The van der Waals surface area contributed by atoms with E-state index in [4.69, 9.17) is 0 Å². The van der Waals surface area contributed by atoms with Gasteiger partial charge >= 0.3 is 0 Å². The molecule has 0 aliphatic rings. The molecule has 0 radical (unpaired) electrons. The van der Waals surface area contributed by atoms with Gasteiger partial charge in [0.15, 0.2) is 0 Å². The molecule has 0 fully saturated rings. The van der Waals surface area contributed by atoms with E-state index < -0.39 is 12.2 Å². The molecule has 2 aromatic carbocycles. The summed E-state index contributed by atoms with van der Waals surface area (Å²) in [6.45, 7) is 0. The SMILES string of the molecule is O[C@H](c1ccccc1Br)[C@@H](O)c1ccccc1Br. The minimum absolute atomic E-state index is 0.667. The van der Waals surface area contributed by atoms with Gasteiger partial charge in [-0.05, 0) is 23.3 Å². The fourth-order valence-corrected chi connectivity index (χ4v) is 2.81. The number of aliphatic hydroxyl groups is 2. The topological polar surface area (TPSA) is 40.5 Å². The van der Waals surface area contributed by atoms with Crippen molar-refractivity contribution in [2.75, 3.05) is 0 Å². The number of hydrogen-bond acceptors (Lipinski definition) is 2. The second-order valence-corrected chi connectivity index (χ2v) is 5.64. The molecule has 0 spiro atoms. The fraction of sp³-hybridized carbons (Fsp3) is 0.143. The van der Waals surface area contributed by atoms with E-state index in [-0.39, 0.29) is 0 Å². The third-order valence-corrected chi connectivity index (χ3v) is 4.19. The van der Waals surface area contributed by atoms with Crippen LogP contribution in [0.25, 0.3) is 0 Å². The number of aliphatic hydroxyl groups excluding tert-OH is 2. The van der Waals surface area contributed by atoms with Gasteiger partial charge in [0, 0.05) is 8.95 Å². The van der Waals surface area contributed by atoms with E-state index in [1.807, 2.05) is 36.4 Å². The number of benzene rings is 2. The molecule has 18 heavy (non-hydrogen) atoms. The fourth-order valence-electron chi connectivity index (χ4n) is 1.77. The first-order valence-electron chi connectivity index (χ1n) is 5.46. The Morgan fingerprint density at radius 3 is 1.33 bits per heavy atom. The summed E-state index contributed by atoms with van der Waals surface area (Å²) in [6.07, 6.45) is -1.95. The summed E-state index contributed by atoms with van der Waals surface area (Å²) in [5.74, 6) is 0. The Kier molecular flexibility index (Phi) is 4.56. The van der Waals surface area contributed by atoms with E-state index in [0.29, 0.717) is 11.1 Å². The van der Waals surface area contributed by atoms with Crippen molar-refractivity contribution in [3.8, 4) is 0 Å². The van der Waals surface area contributed by atoms with E-state index in [1.165, 1.54) is 0 Å². The molecule has 0 heterocycles. The van der Waals surface area contributed by atoms with Crippen LogP contribution >= 0.6 is 31.9 Å². The van der Waals surface area contributed by atoms with E-state index in [0.717, 1.165) is 8.95 Å². The minimum atomic E-state index is -0.973. The Morgan fingerprint density at radius 2 is 1.00 bits per heavy atom. The first-order chi connectivity index (χ1) is 8.61. The van der Waals surface area contributed by atoms with Crippen molar-refractivity contribution < 1.29 is 10.2 Å². The highest BCUT2D eigenvalue weighted by atomic mass is 79.9. The van der Waals surface area contributed by atoms with Crippen LogP contribution in [0.5, 0.6) is 0 Å². The van der Waals surface area contributed by atoms with Crippen molar-refractivity contribution in [1.82, 2.24) is 0 Å². The van der Waals surface area contributed by atoms with Crippen molar-refractivity contribution in [3.05, 3.63) is 68.6 Å². The van der Waals surface area contributed by atoms with Gasteiger partial charge in [0.1, 0.15) is 12.2 Å². The Balaban J connectivity index is 2.33. The molecular formula is C14H12Br2O2. The molecule has 0 saturated heterocycles. The number of hydrogen-bond donors (Lipinski definition) is 2. The van der Waals surface area contributed by atoms with Crippen molar-refractivity contribution in [1.29, 1.82) is 0 Å². The van der Waals surface area contributed by atoms with Crippen molar-refractivity contribution >= 4 is 31.9 Å². The molecule has 0 aliphatic carbocycles. The van der Waals surface area contributed by atoms with E-state index >= 15 is 0 Å². The highest BCUT2D eigenvalue weighted by Crippen LogP contribution is 2.35. The summed E-state index contributed by atoms with van der Waals surface area (Å²) in [6, 6.07) is 14.6. The first-order valence-corrected chi connectivity index (χ1v) is 7.05. The lowest BCUT2D eigenvalue weighted by Gasteiger charge is -2.20. The Hall–Kier alpha value is -0.680. The molecule has 2 nitrogen and oxygen atoms in total. The summed E-state index contributed by atoms with van der Waals surface area (Å²) in [7, 11) is 0. The highest BCUT2D eigenvalue weighted by molar-refractivity contribution is 9.10. The van der Waals surface area contributed by atoms with Crippen LogP contribution in [0.3, 0.4) is 0 Å². The Morgan fingerprint density at radius 1 is 0.667 bits per heavy atom. The lowest BCUT2D eigenvalue weighted by atomic mass is 9.98. The molecule has 0 saturated carbocycles. The third-order valence-electron chi connectivity index (χ3n) is 2.75. The molecule has 94 valence electrons. The quantitative estimate of drug-likeness (QED) is 0.856. The van der Waals surface area contributed by atoms with Crippen LogP contribution in [-0.2, 0) is 0 Å². The monoisotopic (exact) mass is 370 g/mol. The molecular weight excluding hydrogens is 360 g/mol. The maximum absolute atomic E-state index is 10.2. The van der Waals surface area contributed by atoms with E-state index in [1.54, 1.807) is 12.1 Å². The minimum Gasteiger partial charge on any atom is -0.385 e. The molecule has 2 aromatic rings. The van der Waals surface area contributed by atoms with Crippen LogP contribution in [0.2, 0.25) is 0 Å². The molecule has 0 aromatic heterocycles. The predicted molar refractivity (Wildman–Crippen MR) is 78.2 cm³/mol. The summed E-state index contributed by atoms with van der Waals surface area (Å²) in [5, 5.41) is 20.5. The molecule has 2 rings (SSSR count). The van der Waals surface area contributed by atoms with Gasteiger partial charge in [0.2, 0.25) is 0 Å². The lowest BCUT2D eigenvalue weighted by Crippen LogP contribution is -2.11. The van der Waals surface area contributed by atoms with Gasteiger partial charge in [-0.3, -0.25) is 0 Å². The zero-order valence-electron chi connectivity index (χ0n) is 9.42. The van der Waals surface area contributed by atoms with Crippen LogP contribution in [0, 0.1) is 0 Å². The van der Waals surface area contributed by atoms with Crippen LogP contribution in [0.1, 0.15) is 23.3 Å². The molecule has 2 N–H and O–H groups in total. The summed E-state index contributed by atoms with van der Waals surface area (Å²) in [4.78, 5) is 0. The Labute approximate surface area is 123 Å². The van der Waals surface area contributed by atoms with E-state index in [2.05, 4.69) is 31.9 Å².